The summed E-state index contributed by atoms with van der Waals surface area (Å²) in [7, 11) is 0. The highest BCUT2D eigenvalue weighted by Crippen LogP contribution is 2.35. The van der Waals surface area contributed by atoms with Crippen molar-refractivity contribution in [2.45, 2.75) is 0 Å². The molecular weight excluding hydrogens is 202 g/mol. The van der Waals surface area contributed by atoms with E-state index in [1.54, 1.807) is 11.3 Å². The molecule has 0 N–H and O–H groups in total. The molecule has 0 spiro atoms. The Balaban J connectivity index is 2.22. The molecule has 0 radical (unpaired) electrons. The van der Waals surface area contributed by atoms with Crippen LogP contribution in [0.5, 0.6) is 0 Å². The van der Waals surface area contributed by atoms with Crippen LogP contribution in [0.3, 0.4) is 0 Å². The van der Waals surface area contributed by atoms with Crippen molar-refractivity contribution in [3.05, 3.63) is 54.0 Å². The number of fused-ring (bicyclic) bond motifs is 1. The molecule has 0 amide bonds. The van der Waals surface area contributed by atoms with Gasteiger partial charge in [0.25, 0.3) is 0 Å². The van der Waals surface area contributed by atoms with Crippen LogP contribution < -0.4 is 0 Å². The van der Waals surface area contributed by atoms with E-state index in [0.717, 1.165) is 5.69 Å². The van der Waals surface area contributed by atoms with E-state index in [1.165, 1.54) is 16.0 Å². The first-order valence-corrected chi connectivity index (χ1v) is 5.71. The summed E-state index contributed by atoms with van der Waals surface area (Å²) in [5.74, 6) is 0. The van der Waals surface area contributed by atoms with Gasteiger partial charge >= 0.3 is 0 Å². The monoisotopic (exact) mass is 211 g/mol. The van der Waals surface area contributed by atoms with E-state index in [4.69, 9.17) is 0 Å². The molecule has 0 unspecified atom stereocenters. The van der Waals surface area contributed by atoms with Gasteiger partial charge in [0.2, 0.25) is 0 Å². The van der Waals surface area contributed by atoms with E-state index in [-0.39, 0.29) is 0 Å². The van der Waals surface area contributed by atoms with Gasteiger partial charge in [-0.2, -0.15) is 0 Å². The average Bonchev–Trinajstić information content (AvgIpc) is 2.74. The highest BCUT2D eigenvalue weighted by Gasteiger charge is 2.11. The summed E-state index contributed by atoms with van der Waals surface area (Å²) in [5, 5.41) is 2.01. The third-order valence-corrected chi connectivity index (χ3v) is 3.28. The second-order valence-electron chi connectivity index (χ2n) is 3.36. The van der Waals surface area contributed by atoms with E-state index < -0.39 is 0 Å². The van der Waals surface area contributed by atoms with Crippen LogP contribution in [-0.2, 0) is 0 Å². The number of nitrogens with zero attached hydrogens (tertiary/aromatic N) is 1. The zero-order valence-corrected chi connectivity index (χ0v) is 8.87. The minimum Gasteiger partial charge on any atom is -0.254 e. The minimum atomic E-state index is 1.11. The van der Waals surface area contributed by atoms with Crippen molar-refractivity contribution in [1.82, 2.24) is 4.98 Å². The van der Waals surface area contributed by atoms with Gasteiger partial charge in [0.15, 0.2) is 0 Å². The molecule has 3 rings (SSSR count). The fourth-order valence-electron chi connectivity index (χ4n) is 1.74. The van der Waals surface area contributed by atoms with Gasteiger partial charge in [0.1, 0.15) is 0 Å². The molecular formula is C13H9NS. The van der Waals surface area contributed by atoms with Crippen LogP contribution in [-0.4, -0.2) is 4.98 Å². The molecule has 0 bridgehead atoms. The predicted molar refractivity (Wildman–Crippen MR) is 64.2 cm³/mol. The highest BCUT2D eigenvalue weighted by molar-refractivity contribution is 7.13. The molecule has 0 fully saturated rings. The first-order chi connectivity index (χ1) is 7.45. The van der Waals surface area contributed by atoms with Crippen LogP contribution in [0.25, 0.3) is 21.7 Å². The highest BCUT2D eigenvalue weighted by atomic mass is 32.1. The molecule has 1 heterocycles. The van der Waals surface area contributed by atoms with Crippen LogP contribution in [0.2, 0.25) is 0 Å². The lowest BCUT2D eigenvalue weighted by Gasteiger charge is -2.01. The fourth-order valence-corrected chi connectivity index (χ4v) is 2.43. The van der Waals surface area contributed by atoms with Crippen molar-refractivity contribution < 1.29 is 0 Å². The Morgan fingerprint density at radius 1 is 0.933 bits per heavy atom. The largest absolute Gasteiger partial charge is 0.254 e. The molecule has 0 saturated carbocycles. The molecule has 0 saturated heterocycles. The lowest BCUT2D eigenvalue weighted by molar-refractivity contribution is 1.38. The number of rotatable bonds is 1. The van der Waals surface area contributed by atoms with Gasteiger partial charge in [-0.25, -0.2) is 0 Å². The predicted octanol–water partition coefficient (Wildman–Crippen LogP) is 3.91. The number of hydrogen-bond donors (Lipinski definition) is 0. The Kier molecular flexibility index (Phi) is 2.00. The van der Waals surface area contributed by atoms with E-state index in [2.05, 4.69) is 41.4 Å². The lowest BCUT2D eigenvalue weighted by atomic mass is 10.1. The summed E-state index contributed by atoms with van der Waals surface area (Å²) in [6, 6.07) is 14.7. The van der Waals surface area contributed by atoms with Crippen molar-refractivity contribution in [3.63, 3.8) is 0 Å². The Morgan fingerprint density at radius 3 is 2.67 bits per heavy atom. The molecule has 15 heavy (non-hydrogen) atoms. The SMILES string of the molecule is c1ccc(-c2ccc3sccnc2-3)cc1. The standard InChI is InChI=1S/C13H9NS/c1-2-4-10(5-3-1)11-6-7-12-13(11)14-8-9-15-12/h1-9H. The second-order valence-corrected chi connectivity index (χ2v) is 4.31. The molecule has 1 aromatic carbocycles. The van der Waals surface area contributed by atoms with Crippen molar-refractivity contribution in [2.75, 3.05) is 0 Å². The smallest absolute Gasteiger partial charge is 0.0880 e. The normalized spacial score (nSPS) is 10.7. The Hall–Kier alpha value is -1.67. The maximum absolute atomic E-state index is 4.43. The van der Waals surface area contributed by atoms with E-state index in [9.17, 15) is 0 Å². The molecule has 1 aliphatic carbocycles. The summed E-state index contributed by atoms with van der Waals surface area (Å²) >= 11 is 1.73. The lowest BCUT2D eigenvalue weighted by Crippen LogP contribution is -1.80. The third-order valence-electron chi connectivity index (χ3n) is 2.43. The van der Waals surface area contributed by atoms with Crippen LogP contribution in [0, 0.1) is 0 Å². The fraction of sp³-hybridized carbons (Fsp3) is 0. The van der Waals surface area contributed by atoms with Crippen molar-refractivity contribution in [2.24, 2.45) is 0 Å². The van der Waals surface area contributed by atoms with Crippen LogP contribution in [0.15, 0.2) is 54.0 Å². The molecule has 2 heteroatoms. The van der Waals surface area contributed by atoms with Crippen LogP contribution in [0.4, 0.5) is 0 Å². The number of aromatic nitrogens is 1. The van der Waals surface area contributed by atoms with Gasteiger partial charge < -0.3 is 0 Å². The Labute approximate surface area is 92.4 Å². The van der Waals surface area contributed by atoms with E-state index in [1.807, 2.05) is 17.6 Å². The average molecular weight is 211 g/mol. The first kappa shape index (κ1) is 8.62. The van der Waals surface area contributed by atoms with Crippen molar-refractivity contribution in [3.8, 4) is 21.7 Å². The molecule has 72 valence electrons. The zero-order valence-electron chi connectivity index (χ0n) is 8.05. The quantitative estimate of drug-likeness (QED) is 0.594. The van der Waals surface area contributed by atoms with E-state index in [0.29, 0.717) is 0 Å². The van der Waals surface area contributed by atoms with Gasteiger partial charge in [0.05, 0.1) is 10.6 Å². The molecule has 2 aliphatic rings. The minimum absolute atomic E-state index is 1.11. The summed E-state index contributed by atoms with van der Waals surface area (Å²) in [6.07, 6.45) is 1.86. The molecule has 1 aromatic rings. The third kappa shape index (κ3) is 1.43. The van der Waals surface area contributed by atoms with Gasteiger partial charge in [-0.1, -0.05) is 36.4 Å². The molecule has 0 atom stereocenters. The van der Waals surface area contributed by atoms with Crippen molar-refractivity contribution >= 4 is 11.3 Å². The topological polar surface area (TPSA) is 12.9 Å². The summed E-state index contributed by atoms with van der Waals surface area (Å²) in [4.78, 5) is 5.67. The van der Waals surface area contributed by atoms with Gasteiger partial charge in [-0.05, 0) is 11.6 Å². The second kappa shape index (κ2) is 3.48. The van der Waals surface area contributed by atoms with Gasteiger partial charge in [0, 0.05) is 17.1 Å². The van der Waals surface area contributed by atoms with Gasteiger partial charge in [-0.15, -0.1) is 11.3 Å². The van der Waals surface area contributed by atoms with E-state index >= 15 is 0 Å². The molecule has 1 aliphatic heterocycles. The Bertz CT molecular complexity index is 542. The first-order valence-electron chi connectivity index (χ1n) is 4.83. The van der Waals surface area contributed by atoms with Crippen molar-refractivity contribution in [1.29, 1.82) is 0 Å². The van der Waals surface area contributed by atoms with Crippen LogP contribution >= 0.6 is 11.3 Å². The maximum Gasteiger partial charge on any atom is 0.0880 e. The maximum atomic E-state index is 4.43. The molecule has 0 aromatic heterocycles. The summed E-state index contributed by atoms with van der Waals surface area (Å²) in [6.45, 7) is 0. The Morgan fingerprint density at radius 2 is 1.80 bits per heavy atom. The summed E-state index contributed by atoms with van der Waals surface area (Å²) in [5.41, 5.74) is 3.56. The summed E-state index contributed by atoms with van der Waals surface area (Å²) < 4.78 is 0. The van der Waals surface area contributed by atoms with Gasteiger partial charge in [-0.3, -0.25) is 4.98 Å². The zero-order chi connectivity index (χ0) is 10.1. The van der Waals surface area contributed by atoms with Crippen LogP contribution in [0.1, 0.15) is 0 Å². The number of benzene rings is 1. The number of hydrogen-bond acceptors (Lipinski definition) is 2. The molecule has 1 nitrogen and oxygen atoms in total.